The van der Waals surface area contributed by atoms with E-state index >= 15 is 0 Å². The number of benzene rings is 1. The molecule has 0 N–H and O–H groups in total. The minimum atomic E-state index is 0.0806. The molecule has 120 valence electrons. The van der Waals surface area contributed by atoms with Crippen LogP contribution >= 0.6 is 11.8 Å². The molecule has 1 amide bonds. The molecule has 5 heteroatoms. The predicted molar refractivity (Wildman–Crippen MR) is 88.4 cm³/mol. The van der Waals surface area contributed by atoms with Gasteiger partial charge in [0.15, 0.2) is 0 Å². The Hall–Kier alpha value is -1.36. The second-order valence-electron chi connectivity index (χ2n) is 5.88. The molecule has 0 spiro atoms. The molecule has 1 aromatic rings. The highest BCUT2D eigenvalue weighted by Gasteiger charge is 2.35. The molecule has 1 aliphatic carbocycles. The van der Waals surface area contributed by atoms with Crippen molar-refractivity contribution in [2.24, 2.45) is 5.92 Å². The van der Waals surface area contributed by atoms with E-state index in [0.29, 0.717) is 5.91 Å². The topological polar surface area (TPSA) is 38.8 Å². The number of hydrogen-bond donors (Lipinski definition) is 0. The van der Waals surface area contributed by atoms with Crippen LogP contribution in [0.3, 0.4) is 0 Å². The maximum Gasteiger partial charge on any atom is 0.226 e. The zero-order chi connectivity index (χ0) is 15.5. The Morgan fingerprint density at radius 2 is 1.77 bits per heavy atom. The van der Waals surface area contributed by atoms with E-state index in [0.717, 1.165) is 42.2 Å². The molecule has 3 rings (SSSR count). The van der Waals surface area contributed by atoms with Gasteiger partial charge in [-0.05, 0) is 30.5 Å². The molecular weight excluding hydrogens is 298 g/mol. The van der Waals surface area contributed by atoms with Gasteiger partial charge in [-0.1, -0.05) is 12.8 Å². The molecule has 0 unspecified atom stereocenters. The van der Waals surface area contributed by atoms with E-state index in [-0.39, 0.29) is 11.3 Å². The number of hydrogen-bond acceptors (Lipinski definition) is 4. The fraction of sp³-hybridized carbons (Fsp3) is 0.588. The summed E-state index contributed by atoms with van der Waals surface area (Å²) in [6.07, 6.45) is 4.48. The molecule has 0 bridgehead atoms. The van der Waals surface area contributed by atoms with E-state index in [1.165, 1.54) is 12.8 Å². The smallest absolute Gasteiger partial charge is 0.226 e. The molecule has 2 fully saturated rings. The molecule has 1 heterocycles. The Bertz CT molecular complexity index is 520. The summed E-state index contributed by atoms with van der Waals surface area (Å²) < 4.78 is 10.7. The number of methoxy groups -OCH3 is 2. The Balaban J connectivity index is 1.84. The summed E-state index contributed by atoms with van der Waals surface area (Å²) in [5.74, 6) is 3.09. The Morgan fingerprint density at radius 3 is 2.36 bits per heavy atom. The first-order valence-corrected chi connectivity index (χ1v) is 8.93. The molecule has 1 aromatic carbocycles. The van der Waals surface area contributed by atoms with Crippen LogP contribution in [0, 0.1) is 5.92 Å². The van der Waals surface area contributed by atoms with Crippen molar-refractivity contribution in [1.82, 2.24) is 4.90 Å². The number of amides is 1. The van der Waals surface area contributed by atoms with Crippen molar-refractivity contribution in [3.05, 3.63) is 23.8 Å². The average molecular weight is 321 g/mol. The fourth-order valence-corrected chi connectivity index (χ4v) is 4.59. The van der Waals surface area contributed by atoms with Gasteiger partial charge in [-0.25, -0.2) is 0 Å². The monoisotopic (exact) mass is 321 g/mol. The number of nitrogens with zero attached hydrogens (tertiary/aromatic N) is 1. The van der Waals surface area contributed by atoms with E-state index in [1.807, 2.05) is 30.0 Å². The van der Waals surface area contributed by atoms with Gasteiger partial charge in [-0.3, -0.25) is 4.79 Å². The number of carbonyl (C=O) groups excluding carboxylic acids is 1. The standard InChI is InChI=1S/C17H23NO3S/c1-20-14-9-13(10-15(11-14)21-2)17-18(7-8-22-17)16(19)12-5-3-4-6-12/h9-12,17H,3-8H2,1-2H3/t17-/m0/s1. The molecule has 0 radical (unpaired) electrons. The fourth-order valence-electron chi connectivity index (χ4n) is 3.35. The lowest BCUT2D eigenvalue weighted by Crippen LogP contribution is -2.34. The first kappa shape index (κ1) is 15.5. The SMILES string of the molecule is COc1cc(OC)cc([C@@H]2SCCN2C(=O)C2CCCC2)c1. The second kappa shape index (κ2) is 6.82. The summed E-state index contributed by atoms with van der Waals surface area (Å²) in [4.78, 5) is 14.8. The third kappa shape index (κ3) is 3.05. The Kier molecular flexibility index (Phi) is 4.81. The van der Waals surface area contributed by atoms with Gasteiger partial charge < -0.3 is 14.4 Å². The van der Waals surface area contributed by atoms with Crippen molar-refractivity contribution in [1.29, 1.82) is 0 Å². The third-order valence-electron chi connectivity index (χ3n) is 4.54. The quantitative estimate of drug-likeness (QED) is 0.851. The molecule has 22 heavy (non-hydrogen) atoms. The number of carbonyl (C=O) groups is 1. The van der Waals surface area contributed by atoms with Gasteiger partial charge in [0.1, 0.15) is 16.9 Å². The lowest BCUT2D eigenvalue weighted by atomic mass is 10.1. The normalized spacial score (nSPS) is 22.1. The zero-order valence-electron chi connectivity index (χ0n) is 13.2. The highest BCUT2D eigenvalue weighted by Crippen LogP contribution is 2.42. The van der Waals surface area contributed by atoms with Crippen LogP contribution < -0.4 is 9.47 Å². The van der Waals surface area contributed by atoms with Crippen LogP contribution in [-0.2, 0) is 4.79 Å². The summed E-state index contributed by atoms with van der Waals surface area (Å²) >= 11 is 1.82. The number of ether oxygens (including phenoxy) is 2. The zero-order valence-corrected chi connectivity index (χ0v) is 14.0. The average Bonchev–Trinajstić information content (AvgIpc) is 3.24. The summed E-state index contributed by atoms with van der Waals surface area (Å²) in [6.45, 7) is 0.837. The van der Waals surface area contributed by atoms with Crippen molar-refractivity contribution in [2.75, 3.05) is 26.5 Å². The van der Waals surface area contributed by atoms with Gasteiger partial charge in [0, 0.05) is 24.3 Å². The maximum absolute atomic E-state index is 12.8. The van der Waals surface area contributed by atoms with Crippen LogP contribution in [0.25, 0.3) is 0 Å². The lowest BCUT2D eigenvalue weighted by molar-refractivity contribution is -0.135. The minimum absolute atomic E-state index is 0.0806. The van der Waals surface area contributed by atoms with E-state index in [1.54, 1.807) is 14.2 Å². The van der Waals surface area contributed by atoms with Crippen LogP contribution in [0.5, 0.6) is 11.5 Å². The van der Waals surface area contributed by atoms with Crippen molar-refractivity contribution >= 4 is 17.7 Å². The minimum Gasteiger partial charge on any atom is -0.497 e. The van der Waals surface area contributed by atoms with Gasteiger partial charge in [0.25, 0.3) is 0 Å². The molecular formula is C17H23NO3S. The highest BCUT2D eigenvalue weighted by atomic mass is 32.2. The van der Waals surface area contributed by atoms with Gasteiger partial charge in [-0.2, -0.15) is 0 Å². The molecule has 1 saturated heterocycles. The largest absolute Gasteiger partial charge is 0.497 e. The van der Waals surface area contributed by atoms with E-state index in [2.05, 4.69) is 4.90 Å². The number of thioether (sulfide) groups is 1. The van der Waals surface area contributed by atoms with Crippen LogP contribution in [0.4, 0.5) is 0 Å². The first-order chi connectivity index (χ1) is 10.7. The van der Waals surface area contributed by atoms with Gasteiger partial charge in [0.2, 0.25) is 5.91 Å². The lowest BCUT2D eigenvalue weighted by Gasteiger charge is -2.27. The van der Waals surface area contributed by atoms with Crippen LogP contribution in [0.2, 0.25) is 0 Å². The first-order valence-electron chi connectivity index (χ1n) is 7.88. The molecule has 1 atom stereocenters. The molecule has 2 aliphatic rings. The van der Waals surface area contributed by atoms with Crippen LogP contribution in [-0.4, -0.2) is 37.3 Å². The van der Waals surface area contributed by atoms with Gasteiger partial charge in [0.05, 0.1) is 14.2 Å². The van der Waals surface area contributed by atoms with Gasteiger partial charge in [-0.15, -0.1) is 11.8 Å². The number of rotatable bonds is 4. The third-order valence-corrected chi connectivity index (χ3v) is 5.80. The van der Waals surface area contributed by atoms with Crippen molar-refractivity contribution < 1.29 is 14.3 Å². The van der Waals surface area contributed by atoms with Crippen molar-refractivity contribution in [3.63, 3.8) is 0 Å². The second-order valence-corrected chi connectivity index (χ2v) is 7.07. The predicted octanol–water partition coefficient (Wildman–Crippen LogP) is 3.47. The summed E-state index contributed by atoms with van der Waals surface area (Å²) in [5, 5.41) is 0.0806. The molecule has 4 nitrogen and oxygen atoms in total. The Morgan fingerprint density at radius 1 is 1.14 bits per heavy atom. The van der Waals surface area contributed by atoms with E-state index < -0.39 is 0 Å². The molecule has 1 aliphatic heterocycles. The maximum atomic E-state index is 12.8. The van der Waals surface area contributed by atoms with Crippen molar-refractivity contribution in [2.45, 2.75) is 31.1 Å². The van der Waals surface area contributed by atoms with E-state index in [9.17, 15) is 4.79 Å². The van der Waals surface area contributed by atoms with E-state index in [4.69, 9.17) is 9.47 Å². The Labute approximate surface area is 136 Å². The van der Waals surface area contributed by atoms with Gasteiger partial charge >= 0.3 is 0 Å². The summed E-state index contributed by atoms with van der Waals surface area (Å²) in [6, 6.07) is 5.90. The summed E-state index contributed by atoms with van der Waals surface area (Å²) in [5.41, 5.74) is 1.09. The molecule has 1 saturated carbocycles. The molecule has 0 aromatic heterocycles. The van der Waals surface area contributed by atoms with Crippen LogP contribution in [0.1, 0.15) is 36.6 Å². The van der Waals surface area contributed by atoms with Crippen molar-refractivity contribution in [3.8, 4) is 11.5 Å². The van der Waals surface area contributed by atoms with Crippen LogP contribution in [0.15, 0.2) is 18.2 Å². The summed E-state index contributed by atoms with van der Waals surface area (Å²) in [7, 11) is 3.31. The highest BCUT2D eigenvalue weighted by molar-refractivity contribution is 7.99.